The molecule has 1 rings (SSSR count). The number of terminal acetylenes is 1. The van der Waals surface area contributed by atoms with Gasteiger partial charge in [-0.2, -0.15) is 0 Å². The first kappa shape index (κ1) is 12.5. The van der Waals surface area contributed by atoms with Crippen LogP contribution in [0.5, 0.6) is 5.75 Å². The second-order valence-electron chi connectivity index (χ2n) is 3.15. The third-order valence-corrected chi connectivity index (χ3v) is 1.93. The Morgan fingerprint density at radius 3 is 2.76 bits per heavy atom. The quantitative estimate of drug-likeness (QED) is 0.712. The van der Waals surface area contributed by atoms with Crippen molar-refractivity contribution in [3.8, 4) is 18.1 Å². The van der Waals surface area contributed by atoms with Gasteiger partial charge in [0.15, 0.2) is 0 Å². The Balaban J connectivity index is 2.96. The van der Waals surface area contributed by atoms with E-state index in [0.29, 0.717) is 0 Å². The number of amides is 1. The lowest BCUT2D eigenvalue weighted by atomic mass is 10.2. The third-order valence-electron chi connectivity index (χ3n) is 1.93. The van der Waals surface area contributed by atoms with E-state index >= 15 is 0 Å². The molecule has 0 bridgehead atoms. The van der Waals surface area contributed by atoms with Crippen molar-refractivity contribution >= 4 is 11.9 Å². The molecule has 0 unspecified atom stereocenters. The topological polar surface area (TPSA) is 90.7 Å². The Morgan fingerprint density at radius 1 is 1.53 bits per heavy atom. The van der Waals surface area contributed by atoms with Crippen LogP contribution in [0.1, 0.15) is 10.4 Å². The van der Waals surface area contributed by atoms with E-state index in [9.17, 15) is 14.7 Å². The molecule has 0 aromatic carbocycles. The molecule has 0 radical (unpaired) electrons. The van der Waals surface area contributed by atoms with Gasteiger partial charge in [-0.25, -0.2) is 0 Å². The van der Waals surface area contributed by atoms with Crippen molar-refractivity contribution in [2.24, 2.45) is 0 Å². The minimum atomic E-state index is -1.18. The summed E-state index contributed by atoms with van der Waals surface area (Å²) in [5.74, 6) is 0.0464. The zero-order valence-corrected chi connectivity index (χ0v) is 8.83. The van der Waals surface area contributed by atoms with Gasteiger partial charge in [0, 0.05) is 6.20 Å². The predicted octanol–water partition coefficient (Wildman–Crippen LogP) is -0.0528. The molecule has 1 aromatic rings. The van der Waals surface area contributed by atoms with E-state index in [2.05, 4.69) is 10.9 Å². The molecule has 2 N–H and O–H groups in total. The molecule has 0 saturated heterocycles. The smallest absolute Gasteiger partial charge is 0.323 e. The van der Waals surface area contributed by atoms with Crippen LogP contribution in [0.15, 0.2) is 18.5 Å². The Kier molecular flexibility index (Phi) is 4.06. The Hall–Kier alpha value is -2.55. The number of pyridine rings is 1. The van der Waals surface area contributed by atoms with Crippen LogP contribution in [0, 0.1) is 12.3 Å². The van der Waals surface area contributed by atoms with E-state index < -0.39 is 18.4 Å². The summed E-state index contributed by atoms with van der Waals surface area (Å²) in [4.78, 5) is 27.0. The summed E-state index contributed by atoms with van der Waals surface area (Å²) in [5.41, 5.74) is -0.0310. The van der Waals surface area contributed by atoms with Gasteiger partial charge in [0.25, 0.3) is 5.91 Å². The number of carbonyl (C=O) groups is 2. The Labute approximate surface area is 97.5 Å². The number of nitrogens with zero attached hydrogens (tertiary/aromatic N) is 2. The van der Waals surface area contributed by atoms with Crippen molar-refractivity contribution < 1.29 is 19.8 Å². The second kappa shape index (κ2) is 5.51. The van der Waals surface area contributed by atoms with Crippen LogP contribution in [0.4, 0.5) is 0 Å². The lowest BCUT2D eigenvalue weighted by molar-refractivity contribution is -0.137. The summed E-state index contributed by atoms with van der Waals surface area (Å²) >= 11 is 0. The molecule has 0 atom stereocenters. The van der Waals surface area contributed by atoms with Crippen molar-refractivity contribution in [2.45, 2.75) is 0 Å². The standard InChI is InChI=1S/C11H10N2O4/c1-2-5-13(7-10(15)16)11(17)8-3-4-12-6-9(8)14/h1,3-4,6,14H,5,7H2,(H,15,16). The van der Waals surface area contributed by atoms with E-state index in [1.807, 2.05) is 0 Å². The second-order valence-corrected chi connectivity index (χ2v) is 3.15. The van der Waals surface area contributed by atoms with Gasteiger partial charge < -0.3 is 15.1 Å². The average molecular weight is 234 g/mol. The largest absolute Gasteiger partial charge is 0.505 e. The first-order valence-corrected chi connectivity index (χ1v) is 4.63. The van der Waals surface area contributed by atoms with E-state index in [4.69, 9.17) is 11.5 Å². The number of hydrogen-bond acceptors (Lipinski definition) is 4. The fraction of sp³-hybridized carbons (Fsp3) is 0.182. The molecular formula is C11H10N2O4. The molecule has 0 aliphatic rings. The third kappa shape index (κ3) is 3.21. The number of carbonyl (C=O) groups excluding carboxylic acids is 1. The lowest BCUT2D eigenvalue weighted by Gasteiger charge is -2.18. The average Bonchev–Trinajstić information content (AvgIpc) is 2.28. The summed E-state index contributed by atoms with van der Waals surface area (Å²) in [6, 6.07) is 1.29. The minimum absolute atomic E-state index is 0.0310. The van der Waals surface area contributed by atoms with Crippen LogP contribution in [0.25, 0.3) is 0 Å². The zero-order valence-electron chi connectivity index (χ0n) is 8.83. The van der Waals surface area contributed by atoms with Gasteiger partial charge in [0.2, 0.25) is 0 Å². The Morgan fingerprint density at radius 2 is 2.24 bits per heavy atom. The number of carboxylic acids is 1. The predicted molar refractivity (Wildman–Crippen MR) is 58.3 cm³/mol. The zero-order chi connectivity index (χ0) is 12.8. The van der Waals surface area contributed by atoms with Gasteiger partial charge in [-0.15, -0.1) is 6.42 Å². The summed E-state index contributed by atoms with van der Waals surface area (Å²) < 4.78 is 0. The molecule has 1 heterocycles. The van der Waals surface area contributed by atoms with Crippen molar-refractivity contribution in [3.63, 3.8) is 0 Å². The van der Waals surface area contributed by atoms with Crippen molar-refractivity contribution in [2.75, 3.05) is 13.1 Å². The van der Waals surface area contributed by atoms with E-state index in [1.54, 1.807) is 0 Å². The first-order valence-electron chi connectivity index (χ1n) is 4.63. The number of carboxylic acid groups (broad SMARTS) is 1. The molecule has 6 heteroatoms. The maximum Gasteiger partial charge on any atom is 0.323 e. The number of aromatic hydroxyl groups is 1. The molecule has 1 aromatic heterocycles. The SMILES string of the molecule is C#CCN(CC(=O)O)C(=O)c1ccncc1O. The summed E-state index contributed by atoms with van der Waals surface area (Å²) in [6.07, 6.45) is 7.47. The molecule has 0 aliphatic heterocycles. The van der Waals surface area contributed by atoms with Crippen LogP contribution in [0.3, 0.4) is 0 Å². The highest BCUT2D eigenvalue weighted by Gasteiger charge is 2.20. The summed E-state index contributed by atoms with van der Waals surface area (Å²) in [6.45, 7) is -0.669. The van der Waals surface area contributed by atoms with Gasteiger partial charge >= 0.3 is 5.97 Å². The van der Waals surface area contributed by atoms with E-state index in [-0.39, 0.29) is 17.9 Å². The fourth-order valence-corrected chi connectivity index (χ4v) is 1.21. The number of hydrogen-bond donors (Lipinski definition) is 2. The van der Waals surface area contributed by atoms with Crippen molar-refractivity contribution in [1.29, 1.82) is 0 Å². The van der Waals surface area contributed by atoms with Crippen LogP contribution in [0.2, 0.25) is 0 Å². The van der Waals surface area contributed by atoms with E-state index in [1.165, 1.54) is 12.3 Å². The van der Waals surface area contributed by atoms with Crippen molar-refractivity contribution in [1.82, 2.24) is 9.88 Å². The molecule has 1 amide bonds. The number of aromatic nitrogens is 1. The van der Waals surface area contributed by atoms with Crippen LogP contribution in [-0.2, 0) is 4.79 Å². The van der Waals surface area contributed by atoms with Crippen molar-refractivity contribution in [3.05, 3.63) is 24.0 Å². The Bertz CT molecular complexity index is 479. The van der Waals surface area contributed by atoms with Gasteiger partial charge in [0.05, 0.1) is 18.3 Å². The van der Waals surface area contributed by atoms with Crippen LogP contribution in [-0.4, -0.2) is 45.1 Å². The molecule has 6 nitrogen and oxygen atoms in total. The molecule has 0 aliphatic carbocycles. The van der Waals surface area contributed by atoms with Gasteiger partial charge in [-0.3, -0.25) is 14.6 Å². The molecule has 0 saturated carbocycles. The van der Waals surface area contributed by atoms with Gasteiger partial charge in [0.1, 0.15) is 12.3 Å². The van der Waals surface area contributed by atoms with Crippen LogP contribution >= 0.6 is 0 Å². The highest BCUT2D eigenvalue weighted by Crippen LogP contribution is 2.16. The summed E-state index contributed by atoms with van der Waals surface area (Å²) in [7, 11) is 0. The van der Waals surface area contributed by atoms with Crippen LogP contribution < -0.4 is 0 Å². The molecule has 88 valence electrons. The minimum Gasteiger partial charge on any atom is -0.505 e. The lowest BCUT2D eigenvalue weighted by Crippen LogP contribution is -2.36. The first-order chi connectivity index (χ1) is 8.06. The van der Waals surface area contributed by atoms with Gasteiger partial charge in [-0.05, 0) is 6.07 Å². The highest BCUT2D eigenvalue weighted by molar-refractivity contribution is 5.98. The summed E-state index contributed by atoms with van der Waals surface area (Å²) in [5, 5.41) is 18.1. The maximum absolute atomic E-state index is 11.9. The molecule has 0 fully saturated rings. The molecular weight excluding hydrogens is 224 g/mol. The number of rotatable bonds is 4. The monoisotopic (exact) mass is 234 g/mol. The van der Waals surface area contributed by atoms with Gasteiger partial charge in [-0.1, -0.05) is 5.92 Å². The van der Waals surface area contributed by atoms with E-state index in [0.717, 1.165) is 11.1 Å². The number of aliphatic carboxylic acids is 1. The normalized spacial score (nSPS) is 9.35. The highest BCUT2D eigenvalue weighted by atomic mass is 16.4. The maximum atomic E-state index is 11.9. The molecule has 17 heavy (non-hydrogen) atoms. The molecule has 0 spiro atoms. The fourth-order valence-electron chi connectivity index (χ4n) is 1.21.